The molecule has 0 spiro atoms. The molecule has 0 bridgehead atoms. The van der Waals surface area contributed by atoms with Crippen LogP contribution in [-0.4, -0.2) is 17.6 Å². The maximum Gasteiger partial charge on any atom is 0.257 e. The monoisotopic (exact) mass is 276 g/mol. The number of hydrogen-bond donors (Lipinski definition) is 1. The van der Waals surface area contributed by atoms with Gasteiger partial charge in [0.05, 0.1) is 5.69 Å². The SMILES string of the molecule is C=CCNC(=O)c1c(C)noc1-c1ccc(Cl)cc1. The van der Waals surface area contributed by atoms with Crippen molar-refractivity contribution in [1.82, 2.24) is 10.5 Å². The van der Waals surface area contributed by atoms with E-state index in [1.807, 2.05) is 0 Å². The van der Waals surface area contributed by atoms with Crippen LogP contribution in [0.15, 0.2) is 41.4 Å². The summed E-state index contributed by atoms with van der Waals surface area (Å²) < 4.78 is 5.24. The third kappa shape index (κ3) is 2.85. The molecular formula is C14H13ClN2O2. The molecule has 4 nitrogen and oxygen atoms in total. The Labute approximate surface area is 116 Å². The predicted octanol–water partition coefficient (Wildman–Crippen LogP) is 3.22. The number of aryl methyl sites for hydroxylation is 1. The first kappa shape index (κ1) is 13.4. The molecule has 98 valence electrons. The molecular weight excluding hydrogens is 264 g/mol. The molecule has 19 heavy (non-hydrogen) atoms. The summed E-state index contributed by atoms with van der Waals surface area (Å²) in [7, 11) is 0. The molecule has 0 fully saturated rings. The molecule has 0 aliphatic heterocycles. The highest BCUT2D eigenvalue weighted by Crippen LogP contribution is 2.27. The summed E-state index contributed by atoms with van der Waals surface area (Å²) in [5, 5.41) is 7.19. The smallest absolute Gasteiger partial charge is 0.257 e. The number of halogens is 1. The summed E-state index contributed by atoms with van der Waals surface area (Å²) in [6.07, 6.45) is 1.61. The second kappa shape index (κ2) is 5.71. The first-order valence-electron chi connectivity index (χ1n) is 5.74. The van der Waals surface area contributed by atoms with E-state index in [9.17, 15) is 4.79 Å². The van der Waals surface area contributed by atoms with Gasteiger partial charge in [0.15, 0.2) is 5.76 Å². The predicted molar refractivity (Wildman–Crippen MR) is 74.2 cm³/mol. The van der Waals surface area contributed by atoms with Gasteiger partial charge in [0.1, 0.15) is 5.56 Å². The van der Waals surface area contributed by atoms with Crippen molar-refractivity contribution < 1.29 is 9.32 Å². The Morgan fingerprint density at radius 3 is 2.79 bits per heavy atom. The van der Waals surface area contributed by atoms with Gasteiger partial charge < -0.3 is 9.84 Å². The number of carbonyl (C=O) groups is 1. The molecule has 1 heterocycles. The van der Waals surface area contributed by atoms with Crippen LogP contribution in [0.5, 0.6) is 0 Å². The maximum atomic E-state index is 12.1. The molecule has 0 aliphatic carbocycles. The fraction of sp³-hybridized carbons (Fsp3) is 0.143. The lowest BCUT2D eigenvalue weighted by atomic mass is 10.1. The van der Waals surface area contributed by atoms with Crippen LogP contribution in [0, 0.1) is 6.92 Å². The average molecular weight is 277 g/mol. The zero-order valence-corrected chi connectivity index (χ0v) is 11.2. The van der Waals surface area contributed by atoms with Crippen LogP contribution in [-0.2, 0) is 0 Å². The zero-order valence-electron chi connectivity index (χ0n) is 10.4. The summed E-state index contributed by atoms with van der Waals surface area (Å²) in [5.74, 6) is 0.208. The van der Waals surface area contributed by atoms with Crippen molar-refractivity contribution in [3.8, 4) is 11.3 Å². The summed E-state index contributed by atoms with van der Waals surface area (Å²) in [4.78, 5) is 12.1. The number of nitrogens with zero attached hydrogens (tertiary/aromatic N) is 1. The number of rotatable bonds is 4. The van der Waals surface area contributed by atoms with Gasteiger partial charge in [-0.25, -0.2) is 0 Å². The topological polar surface area (TPSA) is 55.1 Å². The lowest BCUT2D eigenvalue weighted by Gasteiger charge is -2.03. The van der Waals surface area contributed by atoms with Crippen LogP contribution >= 0.6 is 11.6 Å². The third-order valence-corrected chi connectivity index (χ3v) is 2.86. The van der Waals surface area contributed by atoms with Crippen LogP contribution in [0.3, 0.4) is 0 Å². The van der Waals surface area contributed by atoms with Crippen LogP contribution in [0.1, 0.15) is 16.1 Å². The summed E-state index contributed by atoms with van der Waals surface area (Å²) in [6.45, 7) is 5.68. The van der Waals surface area contributed by atoms with Crippen molar-refractivity contribution in [2.24, 2.45) is 0 Å². The van der Waals surface area contributed by atoms with Gasteiger partial charge in [-0.3, -0.25) is 4.79 Å². The number of benzene rings is 1. The van der Waals surface area contributed by atoms with Crippen LogP contribution < -0.4 is 5.32 Å². The molecule has 1 aromatic carbocycles. The van der Waals surface area contributed by atoms with Crippen molar-refractivity contribution in [3.05, 3.63) is 53.2 Å². The average Bonchev–Trinajstić information content (AvgIpc) is 2.79. The van der Waals surface area contributed by atoms with E-state index in [-0.39, 0.29) is 5.91 Å². The Hall–Kier alpha value is -2.07. The molecule has 1 amide bonds. The van der Waals surface area contributed by atoms with E-state index in [0.717, 1.165) is 5.56 Å². The summed E-state index contributed by atoms with van der Waals surface area (Å²) in [6, 6.07) is 7.04. The van der Waals surface area contributed by atoms with Gasteiger partial charge in [-0.2, -0.15) is 0 Å². The van der Waals surface area contributed by atoms with E-state index in [4.69, 9.17) is 16.1 Å². The minimum Gasteiger partial charge on any atom is -0.355 e. The van der Waals surface area contributed by atoms with Crippen molar-refractivity contribution in [3.63, 3.8) is 0 Å². The van der Waals surface area contributed by atoms with Gasteiger partial charge in [0, 0.05) is 17.1 Å². The van der Waals surface area contributed by atoms with E-state index in [1.54, 1.807) is 37.3 Å². The number of carbonyl (C=O) groups excluding carboxylic acids is 1. The second-order valence-electron chi connectivity index (χ2n) is 3.98. The van der Waals surface area contributed by atoms with Gasteiger partial charge in [-0.05, 0) is 31.2 Å². The molecule has 0 atom stereocenters. The minimum atomic E-state index is -0.233. The summed E-state index contributed by atoms with van der Waals surface area (Å²) in [5.41, 5.74) is 1.74. The molecule has 1 N–H and O–H groups in total. The van der Waals surface area contributed by atoms with Gasteiger partial charge in [0.2, 0.25) is 0 Å². The molecule has 0 saturated heterocycles. The molecule has 2 aromatic rings. The quantitative estimate of drug-likeness (QED) is 0.873. The standard InChI is InChI=1S/C14H13ClN2O2/c1-3-8-16-14(18)12-9(2)17-19-13(12)10-4-6-11(15)7-5-10/h3-7H,1,8H2,2H3,(H,16,18). The molecule has 1 aromatic heterocycles. The largest absolute Gasteiger partial charge is 0.355 e. The lowest BCUT2D eigenvalue weighted by Crippen LogP contribution is -2.24. The maximum absolute atomic E-state index is 12.1. The molecule has 0 unspecified atom stereocenters. The highest BCUT2D eigenvalue weighted by Gasteiger charge is 2.21. The van der Waals surface area contributed by atoms with E-state index >= 15 is 0 Å². The zero-order chi connectivity index (χ0) is 13.8. The fourth-order valence-corrected chi connectivity index (χ4v) is 1.81. The van der Waals surface area contributed by atoms with E-state index in [0.29, 0.717) is 28.6 Å². The molecule has 0 saturated carbocycles. The Balaban J connectivity index is 2.39. The van der Waals surface area contributed by atoms with Gasteiger partial charge in [-0.15, -0.1) is 6.58 Å². The Kier molecular flexibility index (Phi) is 4.02. The van der Waals surface area contributed by atoms with Gasteiger partial charge in [-0.1, -0.05) is 22.8 Å². The van der Waals surface area contributed by atoms with E-state index in [2.05, 4.69) is 17.1 Å². The first-order valence-corrected chi connectivity index (χ1v) is 6.12. The normalized spacial score (nSPS) is 10.2. The molecule has 0 radical (unpaired) electrons. The molecule has 5 heteroatoms. The van der Waals surface area contributed by atoms with E-state index < -0.39 is 0 Å². The van der Waals surface area contributed by atoms with Gasteiger partial charge in [0.25, 0.3) is 5.91 Å². The van der Waals surface area contributed by atoms with Crippen molar-refractivity contribution in [2.45, 2.75) is 6.92 Å². The molecule has 2 rings (SSSR count). The summed E-state index contributed by atoms with van der Waals surface area (Å²) >= 11 is 5.84. The Morgan fingerprint density at radius 2 is 2.16 bits per heavy atom. The van der Waals surface area contributed by atoms with Crippen LogP contribution in [0.4, 0.5) is 0 Å². The van der Waals surface area contributed by atoms with Crippen LogP contribution in [0.2, 0.25) is 5.02 Å². The fourth-order valence-electron chi connectivity index (χ4n) is 1.69. The van der Waals surface area contributed by atoms with Crippen molar-refractivity contribution in [2.75, 3.05) is 6.54 Å². The number of hydrogen-bond acceptors (Lipinski definition) is 3. The number of nitrogens with one attached hydrogen (secondary N) is 1. The first-order chi connectivity index (χ1) is 9.13. The number of amides is 1. The van der Waals surface area contributed by atoms with Gasteiger partial charge >= 0.3 is 0 Å². The van der Waals surface area contributed by atoms with Crippen LogP contribution in [0.25, 0.3) is 11.3 Å². The van der Waals surface area contributed by atoms with Crippen molar-refractivity contribution >= 4 is 17.5 Å². The number of aromatic nitrogens is 1. The third-order valence-electron chi connectivity index (χ3n) is 2.60. The minimum absolute atomic E-state index is 0.233. The Bertz CT molecular complexity index is 602. The second-order valence-corrected chi connectivity index (χ2v) is 4.41. The molecule has 0 aliphatic rings. The van der Waals surface area contributed by atoms with Crippen molar-refractivity contribution in [1.29, 1.82) is 0 Å². The Morgan fingerprint density at radius 1 is 1.47 bits per heavy atom. The highest BCUT2D eigenvalue weighted by atomic mass is 35.5. The highest BCUT2D eigenvalue weighted by molar-refractivity contribution is 6.30. The van der Waals surface area contributed by atoms with E-state index in [1.165, 1.54) is 0 Å². The lowest BCUT2D eigenvalue weighted by molar-refractivity contribution is 0.0957.